The summed E-state index contributed by atoms with van der Waals surface area (Å²) in [5.74, 6) is 1.65. The first-order valence-electron chi connectivity index (χ1n) is 5.74. The number of ether oxygens (including phenoxy) is 2. The van der Waals surface area contributed by atoms with Gasteiger partial charge in [0, 0.05) is 10.8 Å². The van der Waals surface area contributed by atoms with Gasteiger partial charge in [-0.05, 0) is 30.3 Å². The molecule has 0 amide bonds. The van der Waals surface area contributed by atoms with E-state index in [-0.39, 0.29) is 0 Å². The first-order valence-corrected chi connectivity index (χ1v) is 5.74. The molecule has 0 aliphatic rings. The van der Waals surface area contributed by atoms with Crippen LogP contribution in [0.4, 0.5) is 0 Å². The summed E-state index contributed by atoms with van der Waals surface area (Å²) in [5, 5.41) is 1.99. The van der Waals surface area contributed by atoms with E-state index in [1.807, 2.05) is 36.4 Å². The third-order valence-electron chi connectivity index (χ3n) is 3.06. The zero-order valence-corrected chi connectivity index (χ0v) is 10.3. The van der Waals surface area contributed by atoms with Crippen molar-refractivity contribution < 1.29 is 9.47 Å². The zero-order chi connectivity index (χ0) is 12.5. The van der Waals surface area contributed by atoms with E-state index in [1.54, 1.807) is 14.2 Å². The highest BCUT2D eigenvalue weighted by Gasteiger charge is 2.07. The van der Waals surface area contributed by atoms with Gasteiger partial charge < -0.3 is 9.47 Å². The number of hydrogen-bond acceptors (Lipinski definition) is 3. The van der Waals surface area contributed by atoms with Gasteiger partial charge in [-0.25, -0.2) is 4.98 Å². The van der Waals surface area contributed by atoms with Crippen LogP contribution in [0.2, 0.25) is 0 Å². The lowest BCUT2D eigenvalue weighted by Gasteiger charge is -2.08. The van der Waals surface area contributed by atoms with E-state index >= 15 is 0 Å². The Kier molecular flexibility index (Phi) is 2.52. The van der Waals surface area contributed by atoms with Gasteiger partial charge in [0.05, 0.1) is 25.3 Å². The number of fused-ring (bicyclic) bond motifs is 2. The lowest BCUT2D eigenvalue weighted by molar-refractivity contribution is 0.418. The van der Waals surface area contributed by atoms with Crippen molar-refractivity contribution in [2.24, 2.45) is 0 Å². The van der Waals surface area contributed by atoms with E-state index in [2.05, 4.69) is 11.1 Å². The highest BCUT2D eigenvalue weighted by atomic mass is 16.5. The summed E-state index contributed by atoms with van der Waals surface area (Å²) in [6, 6.07) is 13.8. The van der Waals surface area contributed by atoms with Gasteiger partial charge in [0.25, 0.3) is 0 Å². The molecule has 3 aromatic rings. The molecule has 18 heavy (non-hydrogen) atoms. The van der Waals surface area contributed by atoms with Crippen LogP contribution < -0.4 is 9.47 Å². The highest BCUT2D eigenvalue weighted by Crippen LogP contribution is 2.31. The summed E-state index contributed by atoms with van der Waals surface area (Å²) < 4.78 is 10.7. The zero-order valence-electron chi connectivity index (χ0n) is 10.3. The molecule has 0 aliphatic carbocycles. The minimum absolute atomic E-state index is 0.827. The standard InChI is InChI=1S/C15H13NO2/c1-17-14-7-3-5-12-10(14)9-11-13(16-12)6-4-8-15(11)18-2/h3-9H,1-2H3. The normalized spacial score (nSPS) is 10.8. The number of hydrogen-bond donors (Lipinski definition) is 0. The Labute approximate surface area is 105 Å². The molecular weight excluding hydrogens is 226 g/mol. The second-order valence-corrected chi connectivity index (χ2v) is 4.04. The largest absolute Gasteiger partial charge is 0.496 e. The van der Waals surface area contributed by atoms with Crippen molar-refractivity contribution in [3.8, 4) is 11.5 Å². The van der Waals surface area contributed by atoms with Crippen LogP contribution in [-0.4, -0.2) is 19.2 Å². The molecule has 0 fully saturated rings. The third kappa shape index (κ3) is 1.56. The Bertz CT molecular complexity index is 663. The van der Waals surface area contributed by atoms with Crippen molar-refractivity contribution in [1.29, 1.82) is 0 Å². The van der Waals surface area contributed by atoms with Crippen molar-refractivity contribution in [3.05, 3.63) is 42.5 Å². The molecule has 0 unspecified atom stereocenters. The van der Waals surface area contributed by atoms with Gasteiger partial charge in [-0.2, -0.15) is 0 Å². The molecule has 0 spiro atoms. The second-order valence-electron chi connectivity index (χ2n) is 4.04. The number of aromatic nitrogens is 1. The SMILES string of the molecule is COc1cccc2nc3cccc(OC)c3cc12. The lowest BCUT2D eigenvalue weighted by atomic mass is 10.1. The molecule has 0 saturated heterocycles. The van der Waals surface area contributed by atoms with Crippen LogP contribution >= 0.6 is 0 Å². The molecule has 0 aliphatic heterocycles. The molecule has 2 aromatic carbocycles. The summed E-state index contributed by atoms with van der Waals surface area (Å²) in [7, 11) is 3.34. The minimum Gasteiger partial charge on any atom is -0.496 e. The van der Waals surface area contributed by atoms with Crippen LogP contribution in [0, 0.1) is 0 Å². The smallest absolute Gasteiger partial charge is 0.128 e. The van der Waals surface area contributed by atoms with Crippen molar-refractivity contribution in [1.82, 2.24) is 4.98 Å². The van der Waals surface area contributed by atoms with E-state index in [9.17, 15) is 0 Å². The second kappa shape index (κ2) is 4.18. The molecule has 3 rings (SSSR count). The third-order valence-corrected chi connectivity index (χ3v) is 3.06. The molecule has 1 heterocycles. The summed E-state index contributed by atoms with van der Waals surface area (Å²) in [4.78, 5) is 4.63. The lowest BCUT2D eigenvalue weighted by Crippen LogP contribution is -1.90. The number of rotatable bonds is 2. The summed E-state index contributed by atoms with van der Waals surface area (Å²) in [6.45, 7) is 0. The number of methoxy groups -OCH3 is 2. The Hall–Kier alpha value is -2.29. The predicted molar refractivity (Wildman–Crippen MR) is 72.4 cm³/mol. The van der Waals surface area contributed by atoms with E-state index in [4.69, 9.17) is 9.47 Å². The van der Waals surface area contributed by atoms with Gasteiger partial charge in [-0.15, -0.1) is 0 Å². The number of benzene rings is 2. The maximum atomic E-state index is 5.37. The molecule has 90 valence electrons. The van der Waals surface area contributed by atoms with E-state index in [0.717, 1.165) is 33.3 Å². The topological polar surface area (TPSA) is 31.4 Å². The quantitative estimate of drug-likeness (QED) is 0.642. The molecule has 0 atom stereocenters. The van der Waals surface area contributed by atoms with Crippen LogP contribution in [0.1, 0.15) is 0 Å². The maximum absolute atomic E-state index is 5.37. The fourth-order valence-corrected chi connectivity index (χ4v) is 2.18. The van der Waals surface area contributed by atoms with Gasteiger partial charge in [0.15, 0.2) is 0 Å². The predicted octanol–water partition coefficient (Wildman–Crippen LogP) is 3.41. The van der Waals surface area contributed by atoms with Gasteiger partial charge in [-0.1, -0.05) is 12.1 Å². The fraction of sp³-hybridized carbons (Fsp3) is 0.133. The van der Waals surface area contributed by atoms with Crippen molar-refractivity contribution in [3.63, 3.8) is 0 Å². The Morgan fingerprint density at radius 3 is 1.72 bits per heavy atom. The Morgan fingerprint density at radius 2 is 1.28 bits per heavy atom. The molecule has 3 heteroatoms. The first kappa shape index (κ1) is 10.8. The van der Waals surface area contributed by atoms with Gasteiger partial charge >= 0.3 is 0 Å². The molecule has 0 N–H and O–H groups in total. The molecule has 0 saturated carbocycles. The minimum atomic E-state index is 0.827. The van der Waals surface area contributed by atoms with Crippen LogP contribution in [0.5, 0.6) is 11.5 Å². The summed E-state index contributed by atoms with van der Waals surface area (Å²) in [5.41, 5.74) is 1.85. The fourth-order valence-electron chi connectivity index (χ4n) is 2.18. The number of nitrogens with zero attached hydrogens (tertiary/aromatic N) is 1. The van der Waals surface area contributed by atoms with E-state index in [0.29, 0.717) is 0 Å². The van der Waals surface area contributed by atoms with Crippen LogP contribution in [0.15, 0.2) is 42.5 Å². The monoisotopic (exact) mass is 239 g/mol. The van der Waals surface area contributed by atoms with Crippen molar-refractivity contribution in [2.45, 2.75) is 0 Å². The molecule has 1 aromatic heterocycles. The average molecular weight is 239 g/mol. The van der Waals surface area contributed by atoms with E-state index < -0.39 is 0 Å². The summed E-state index contributed by atoms with van der Waals surface area (Å²) >= 11 is 0. The van der Waals surface area contributed by atoms with Crippen LogP contribution in [-0.2, 0) is 0 Å². The van der Waals surface area contributed by atoms with Gasteiger partial charge in [0.2, 0.25) is 0 Å². The maximum Gasteiger partial charge on any atom is 0.128 e. The average Bonchev–Trinajstić information content (AvgIpc) is 2.43. The molecule has 0 bridgehead atoms. The van der Waals surface area contributed by atoms with Crippen molar-refractivity contribution in [2.75, 3.05) is 14.2 Å². The molecule has 0 radical (unpaired) electrons. The van der Waals surface area contributed by atoms with E-state index in [1.165, 1.54) is 0 Å². The van der Waals surface area contributed by atoms with Gasteiger partial charge in [0.1, 0.15) is 11.5 Å². The van der Waals surface area contributed by atoms with Gasteiger partial charge in [-0.3, -0.25) is 0 Å². The molecule has 3 nitrogen and oxygen atoms in total. The number of pyridine rings is 1. The Balaban J connectivity index is 2.44. The molecular formula is C15H13NO2. The summed E-state index contributed by atoms with van der Waals surface area (Å²) in [6.07, 6.45) is 0. The van der Waals surface area contributed by atoms with Crippen LogP contribution in [0.25, 0.3) is 21.8 Å². The first-order chi connectivity index (χ1) is 8.83. The highest BCUT2D eigenvalue weighted by molar-refractivity contribution is 5.98. The van der Waals surface area contributed by atoms with Crippen molar-refractivity contribution >= 4 is 21.8 Å². The van der Waals surface area contributed by atoms with Crippen LogP contribution in [0.3, 0.4) is 0 Å². The Morgan fingerprint density at radius 1 is 0.778 bits per heavy atom.